The molecule has 0 spiro atoms. The highest BCUT2D eigenvalue weighted by Crippen LogP contribution is 2.08. The molecule has 0 saturated heterocycles. The molecule has 0 atom stereocenters. The third-order valence-corrected chi connectivity index (χ3v) is 2.29. The number of carbonyl (C=O) groups excluding carboxylic acids is 1. The Morgan fingerprint density at radius 2 is 1.80 bits per heavy atom. The van der Waals surface area contributed by atoms with Gasteiger partial charge in [-0.3, -0.25) is 4.79 Å². The number of hydrogen-bond acceptors (Lipinski definition) is 2. The van der Waals surface area contributed by atoms with Crippen molar-refractivity contribution in [2.75, 3.05) is 6.61 Å². The van der Waals surface area contributed by atoms with Gasteiger partial charge in [0.2, 0.25) is 0 Å². The number of rotatable bonds is 9. The molecule has 0 unspecified atom stereocenters. The predicted molar refractivity (Wildman–Crippen MR) is 63.8 cm³/mol. The molecule has 2 heteroatoms. The van der Waals surface area contributed by atoms with Crippen molar-refractivity contribution in [3.8, 4) is 0 Å². The van der Waals surface area contributed by atoms with Gasteiger partial charge in [0.25, 0.3) is 0 Å². The number of hydrogen-bond donors (Lipinski definition) is 0. The van der Waals surface area contributed by atoms with Crippen molar-refractivity contribution in [2.45, 2.75) is 58.8 Å². The van der Waals surface area contributed by atoms with Crippen molar-refractivity contribution >= 4 is 5.97 Å². The largest absolute Gasteiger partial charge is 0.466 e. The maximum absolute atomic E-state index is 11.0. The Balaban J connectivity index is 3.07. The van der Waals surface area contributed by atoms with Crippen LogP contribution in [0, 0.1) is 0 Å². The van der Waals surface area contributed by atoms with Crippen LogP contribution in [0.5, 0.6) is 0 Å². The molecule has 0 bridgehead atoms. The average Bonchev–Trinajstić information content (AvgIpc) is 2.22. The van der Waals surface area contributed by atoms with E-state index in [0.717, 1.165) is 12.8 Å². The Morgan fingerprint density at radius 3 is 2.47 bits per heavy atom. The van der Waals surface area contributed by atoms with Crippen LogP contribution in [0.3, 0.4) is 0 Å². The van der Waals surface area contributed by atoms with Crippen molar-refractivity contribution in [3.05, 3.63) is 12.2 Å². The molecule has 88 valence electrons. The highest BCUT2D eigenvalue weighted by atomic mass is 16.5. The molecule has 0 fully saturated rings. The van der Waals surface area contributed by atoms with Gasteiger partial charge in [-0.25, -0.2) is 0 Å². The highest BCUT2D eigenvalue weighted by molar-refractivity contribution is 5.69. The molecule has 0 aromatic heterocycles. The van der Waals surface area contributed by atoms with Gasteiger partial charge in [-0.15, -0.1) is 0 Å². The van der Waals surface area contributed by atoms with E-state index < -0.39 is 0 Å². The summed E-state index contributed by atoms with van der Waals surface area (Å²) in [6, 6.07) is 0. The summed E-state index contributed by atoms with van der Waals surface area (Å²) >= 11 is 0. The number of allylic oxidation sites excluding steroid dienone is 2. The number of unbranched alkanes of at least 4 members (excludes halogenated alkanes) is 5. The van der Waals surface area contributed by atoms with Gasteiger partial charge < -0.3 is 4.74 Å². The topological polar surface area (TPSA) is 26.3 Å². The SMILES string of the molecule is C/C=C/CCCCCCCC(=O)OCC. The van der Waals surface area contributed by atoms with Crippen LogP contribution in [0.1, 0.15) is 58.8 Å². The molecule has 0 amide bonds. The van der Waals surface area contributed by atoms with Gasteiger partial charge in [-0.05, 0) is 33.1 Å². The van der Waals surface area contributed by atoms with E-state index in [2.05, 4.69) is 19.1 Å². The molecular weight excluding hydrogens is 188 g/mol. The van der Waals surface area contributed by atoms with Gasteiger partial charge in [0, 0.05) is 6.42 Å². The normalized spacial score (nSPS) is 10.8. The zero-order valence-electron chi connectivity index (χ0n) is 10.1. The average molecular weight is 212 g/mol. The minimum Gasteiger partial charge on any atom is -0.466 e. The van der Waals surface area contributed by atoms with Crippen molar-refractivity contribution in [3.63, 3.8) is 0 Å². The molecular formula is C13H24O2. The molecule has 15 heavy (non-hydrogen) atoms. The second-order valence-corrected chi connectivity index (χ2v) is 3.68. The monoisotopic (exact) mass is 212 g/mol. The molecule has 0 heterocycles. The lowest BCUT2D eigenvalue weighted by molar-refractivity contribution is -0.143. The zero-order valence-corrected chi connectivity index (χ0v) is 10.1. The van der Waals surface area contributed by atoms with E-state index in [-0.39, 0.29) is 5.97 Å². The second kappa shape index (κ2) is 11.3. The van der Waals surface area contributed by atoms with E-state index >= 15 is 0 Å². The molecule has 0 saturated carbocycles. The summed E-state index contributed by atoms with van der Waals surface area (Å²) in [5.41, 5.74) is 0. The first-order valence-corrected chi connectivity index (χ1v) is 6.08. The summed E-state index contributed by atoms with van der Waals surface area (Å²) in [6.07, 6.45) is 12.0. The Hall–Kier alpha value is -0.790. The van der Waals surface area contributed by atoms with Crippen molar-refractivity contribution in [1.82, 2.24) is 0 Å². The maximum Gasteiger partial charge on any atom is 0.305 e. The Kier molecular flexibility index (Phi) is 10.7. The fourth-order valence-electron chi connectivity index (χ4n) is 1.46. The van der Waals surface area contributed by atoms with E-state index in [4.69, 9.17) is 4.74 Å². The van der Waals surface area contributed by atoms with Crippen LogP contribution in [0.4, 0.5) is 0 Å². The van der Waals surface area contributed by atoms with Crippen LogP contribution in [0.25, 0.3) is 0 Å². The molecule has 0 radical (unpaired) electrons. The standard InChI is InChI=1S/C13H24O2/c1-3-5-6-7-8-9-10-11-12-13(14)15-4-2/h3,5H,4,6-12H2,1-2H3/b5-3+. The molecule has 0 aliphatic rings. The minimum atomic E-state index is -0.0496. The molecule has 0 aromatic carbocycles. The first-order chi connectivity index (χ1) is 7.31. The summed E-state index contributed by atoms with van der Waals surface area (Å²) < 4.78 is 4.85. The first kappa shape index (κ1) is 14.2. The van der Waals surface area contributed by atoms with Gasteiger partial charge in [0.15, 0.2) is 0 Å². The van der Waals surface area contributed by atoms with Gasteiger partial charge in [-0.2, -0.15) is 0 Å². The fourth-order valence-corrected chi connectivity index (χ4v) is 1.46. The molecule has 0 N–H and O–H groups in total. The molecule has 2 nitrogen and oxygen atoms in total. The van der Waals surface area contributed by atoms with Crippen LogP contribution in [-0.2, 0) is 9.53 Å². The molecule has 0 rings (SSSR count). The third kappa shape index (κ3) is 11.1. The summed E-state index contributed by atoms with van der Waals surface area (Å²) in [6.45, 7) is 4.40. The van der Waals surface area contributed by atoms with Crippen molar-refractivity contribution < 1.29 is 9.53 Å². The highest BCUT2D eigenvalue weighted by Gasteiger charge is 1.99. The Morgan fingerprint density at radius 1 is 1.13 bits per heavy atom. The maximum atomic E-state index is 11.0. The van der Waals surface area contributed by atoms with Crippen LogP contribution in [0.2, 0.25) is 0 Å². The lowest BCUT2D eigenvalue weighted by Crippen LogP contribution is -2.03. The van der Waals surface area contributed by atoms with E-state index in [1.165, 1.54) is 25.7 Å². The van der Waals surface area contributed by atoms with E-state index in [9.17, 15) is 4.79 Å². The predicted octanol–water partition coefficient (Wildman–Crippen LogP) is 3.86. The Labute approximate surface area is 93.7 Å². The van der Waals surface area contributed by atoms with Gasteiger partial charge >= 0.3 is 5.97 Å². The summed E-state index contributed by atoms with van der Waals surface area (Å²) in [4.78, 5) is 11.0. The van der Waals surface area contributed by atoms with Crippen LogP contribution < -0.4 is 0 Å². The Bertz CT molecular complexity index is 173. The van der Waals surface area contributed by atoms with Crippen LogP contribution in [-0.4, -0.2) is 12.6 Å². The minimum absolute atomic E-state index is 0.0496. The molecule has 0 aromatic rings. The third-order valence-electron chi connectivity index (χ3n) is 2.29. The van der Waals surface area contributed by atoms with Crippen molar-refractivity contribution in [2.24, 2.45) is 0 Å². The van der Waals surface area contributed by atoms with E-state index in [0.29, 0.717) is 13.0 Å². The van der Waals surface area contributed by atoms with Crippen molar-refractivity contribution in [1.29, 1.82) is 0 Å². The first-order valence-electron chi connectivity index (χ1n) is 6.08. The lowest BCUT2D eigenvalue weighted by Gasteiger charge is -2.01. The van der Waals surface area contributed by atoms with Gasteiger partial charge in [0.1, 0.15) is 0 Å². The van der Waals surface area contributed by atoms with Gasteiger partial charge in [-0.1, -0.05) is 31.4 Å². The number of esters is 1. The van der Waals surface area contributed by atoms with Crippen LogP contribution >= 0.6 is 0 Å². The van der Waals surface area contributed by atoms with E-state index in [1.807, 2.05) is 6.92 Å². The number of ether oxygens (including phenoxy) is 1. The zero-order chi connectivity index (χ0) is 11.4. The quantitative estimate of drug-likeness (QED) is 0.329. The fraction of sp³-hybridized carbons (Fsp3) is 0.769. The lowest BCUT2D eigenvalue weighted by atomic mass is 10.1. The second-order valence-electron chi connectivity index (χ2n) is 3.68. The van der Waals surface area contributed by atoms with Crippen LogP contribution in [0.15, 0.2) is 12.2 Å². The summed E-state index contributed by atoms with van der Waals surface area (Å²) in [5.74, 6) is -0.0496. The molecule has 0 aliphatic heterocycles. The molecule has 0 aliphatic carbocycles. The van der Waals surface area contributed by atoms with E-state index in [1.54, 1.807) is 0 Å². The summed E-state index contributed by atoms with van der Waals surface area (Å²) in [5, 5.41) is 0. The summed E-state index contributed by atoms with van der Waals surface area (Å²) in [7, 11) is 0. The van der Waals surface area contributed by atoms with Gasteiger partial charge in [0.05, 0.1) is 6.61 Å². The smallest absolute Gasteiger partial charge is 0.305 e. The number of carbonyl (C=O) groups is 1.